The maximum absolute atomic E-state index is 12.2. The van der Waals surface area contributed by atoms with E-state index >= 15 is 0 Å². The first-order valence-corrected chi connectivity index (χ1v) is 8.69. The second kappa shape index (κ2) is 7.83. The van der Waals surface area contributed by atoms with Crippen molar-refractivity contribution in [2.75, 3.05) is 5.75 Å². The Morgan fingerprint density at radius 3 is 2.62 bits per heavy atom. The molecule has 2 amide bonds. The van der Waals surface area contributed by atoms with Crippen molar-refractivity contribution in [3.8, 4) is 5.75 Å². The molecule has 26 heavy (non-hydrogen) atoms. The Hall–Kier alpha value is -3.14. The molecule has 0 unspecified atom stereocenters. The Morgan fingerprint density at radius 2 is 1.92 bits per heavy atom. The molecule has 0 aliphatic rings. The number of hydrazine groups is 1. The fourth-order valence-electron chi connectivity index (χ4n) is 2.24. The minimum atomic E-state index is -0.591. The van der Waals surface area contributed by atoms with E-state index in [0.717, 1.165) is 10.8 Å². The van der Waals surface area contributed by atoms with Gasteiger partial charge in [-0.1, -0.05) is 36.0 Å². The van der Waals surface area contributed by atoms with Gasteiger partial charge in [0.2, 0.25) is 11.1 Å². The van der Waals surface area contributed by atoms with E-state index in [0.29, 0.717) is 10.9 Å². The number of nitrogens with one attached hydrogen (secondary N) is 2. The summed E-state index contributed by atoms with van der Waals surface area (Å²) in [4.78, 5) is 24.0. The fraction of sp³-hybridized carbons (Fsp3) is 0.188. The van der Waals surface area contributed by atoms with Gasteiger partial charge >= 0.3 is 0 Å². The molecule has 0 spiro atoms. The predicted molar refractivity (Wildman–Crippen MR) is 95.4 cm³/mol. The first kappa shape index (κ1) is 17.7. The molecular formula is C16H16N6O3S. The summed E-state index contributed by atoms with van der Waals surface area (Å²) in [7, 11) is 1.71. The number of fused-ring (bicyclic) bond motifs is 1. The number of nitrogens with zero attached hydrogens (tertiary/aromatic N) is 4. The number of aryl methyl sites for hydroxylation is 1. The molecule has 0 saturated carbocycles. The van der Waals surface area contributed by atoms with Crippen molar-refractivity contribution < 1.29 is 14.7 Å². The van der Waals surface area contributed by atoms with E-state index in [1.165, 1.54) is 22.5 Å². The molecule has 0 atom stereocenters. The Balaban J connectivity index is 1.52. The SMILES string of the molecule is Cn1nnnc1SCCC(=O)NNC(=O)c1cc2ccccc2cc1O. The molecule has 0 radical (unpaired) electrons. The lowest BCUT2D eigenvalue weighted by Gasteiger charge is -2.09. The lowest BCUT2D eigenvalue weighted by Crippen LogP contribution is -2.41. The molecule has 10 heteroatoms. The Bertz CT molecular complexity index is 958. The molecule has 0 bridgehead atoms. The molecule has 1 aromatic heterocycles. The number of thioether (sulfide) groups is 1. The predicted octanol–water partition coefficient (Wildman–Crippen LogP) is 1.01. The molecule has 0 aliphatic carbocycles. The molecule has 3 rings (SSSR count). The lowest BCUT2D eigenvalue weighted by molar-refractivity contribution is -0.121. The van der Waals surface area contributed by atoms with Gasteiger partial charge in [-0.25, -0.2) is 4.68 Å². The van der Waals surface area contributed by atoms with Crippen LogP contribution in [0.5, 0.6) is 5.75 Å². The van der Waals surface area contributed by atoms with E-state index in [1.807, 2.05) is 24.3 Å². The molecule has 3 N–H and O–H groups in total. The van der Waals surface area contributed by atoms with Gasteiger partial charge in [0.05, 0.1) is 5.56 Å². The Kier molecular flexibility index (Phi) is 5.32. The van der Waals surface area contributed by atoms with Crippen LogP contribution in [0.2, 0.25) is 0 Å². The van der Waals surface area contributed by atoms with Crippen LogP contribution in [0.3, 0.4) is 0 Å². The number of amides is 2. The van der Waals surface area contributed by atoms with E-state index in [-0.39, 0.29) is 23.6 Å². The summed E-state index contributed by atoms with van der Waals surface area (Å²) < 4.78 is 1.51. The average molecular weight is 372 g/mol. The van der Waals surface area contributed by atoms with Crippen LogP contribution < -0.4 is 10.9 Å². The minimum absolute atomic E-state index is 0.0866. The molecular weight excluding hydrogens is 356 g/mol. The molecule has 0 saturated heterocycles. The van der Waals surface area contributed by atoms with E-state index in [2.05, 4.69) is 26.4 Å². The normalized spacial score (nSPS) is 10.7. The topological polar surface area (TPSA) is 122 Å². The maximum Gasteiger partial charge on any atom is 0.273 e. The minimum Gasteiger partial charge on any atom is -0.507 e. The van der Waals surface area contributed by atoms with Gasteiger partial charge in [0.25, 0.3) is 5.91 Å². The third-order valence-electron chi connectivity index (χ3n) is 3.57. The number of tetrazole rings is 1. The summed E-state index contributed by atoms with van der Waals surface area (Å²) in [6, 6.07) is 10.4. The number of phenolic OH excluding ortho intramolecular Hbond substituents is 1. The van der Waals surface area contributed by atoms with Gasteiger partial charge in [-0.2, -0.15) is 0 Å². The monoisotopic (exact) mass is 372 g/mol. The van der Waals surface area contributed by atoms with Crippen molar-refractivity contribution in [2.45, 2.75) is 11.6 Å². The average Bonchev–Trinajstić information content (AvgIpc) is 3.04. The number of rotatable bonds is 5. The zero-order valence-electron chi connectivity index (χ0n) is 13.8. The smallest absolute Gasteiger partial charge is 0.273 e. The quantitative estimate of drug-likeness (QED) is 0.451. The van der Waals surface area contributed by atoms with Crippen LogP contribution in [0.4, 0.5) is 0 Å². The summed E-state index contributed by atoms with van der Waals surface area (Å²) in [6.45, 7) is 0. The van der Waals surface area contributed by atoms with Gasteiger partial charge in [-0.05, 0) is 33.3 Å². The molecule has 0 aliphatic heterocycles. The summed E-state index contributed by atoms with van der Waals surface area (Å²) in [6.07, 6.45) is 0.168. The number of phenols is 1. The summed E-state index contributed by atoms with van der Waals surface area (Å²) in [5, 5.41) is 23.2. The number of hydrogen-bond donors (Lipinski definition) is 3. The second-order valence-electron chi connectivity index (χ2n) is 5.40. The molecule has 1 heterocycles. The molecule has 134 valence electrons. The van der Waals surface area contributed by atoms with E-state index in [1.54, 1.807) is 13.1 Å². The zero-order valence-corrected chi connectivity index (χ0v) is 14.7. The van der Waals surface area contributed by atoms with Crippen molar-refractivity contribution in [1.82, 2.24) is 31.1 Å². The third kappa shape index (κ3) is 4.09. The Morgan fingerprint density at radius 1 is 1.19 bits per heavy atom. The van der Waals surface area contributed by atoms with Gasteiger partial charge in [0.15, 0.2) is 0 Å². The summed E-state index contributed by atoms with van der Waals surface area (Å²) >= 11 is 1.33. The van der Waals surface area contributed by atoms with Crippen LogP contribution in [-0.4, -0.2) is 42.9 Å². The van der Waals surface area contributed by atoms with E-state index in [4.69, 9.17) is 0 Å². The van der Waals surface area contributed by atoms with Crippen LogP contribution in [-0.2, 0) is 11.8 Å². The lowest BCUT2D eigenvalue weighted by atomic mass is 10.1. The van der Waals surface area contributed by atoms with Crippen molar-refractivity contribution >= 4 is 34.3 Å². The highest BCUT2D eigenvalue weighted by molar-refractivity contribution is 7.99. The number of carbonyl (C=O) groups excluding carboxylic acids is 2. The number of aromatic hydroxyl groups is 1. The largest absolute Gasteiger partial charge is 0.507 e. The highest BCUT2D eigenvalue weighted by Crippen LogP contribution is 2.24. The zero-order chi connectivity index (χ0) is 18.5. The van der Waals surface area contributed by atoms with Crippen molar-refractivity contribution in [3.63, 3.8) is 0 Å². The number of benzene rings is 2. The molecule has 3 aromatic rings. The molecule has 2 aromatic carbocycles. The van der Waals surface area contributed by atoms with Crippen LogP contribution >= 0.6 is 11.8 Å². The first-order valence-electron chi connectivity index (χ1n) is 7.70. The third-order valence-corrected chi connectivity index (χ3v) is 4.58. The van der Waals surface area contributed by atoms with Crippen LogP contribution in [0, 0.1) is 0 Å². The number of hydrogen-bond acceptors (Lipinski definition) is 7. The highest BCUT2D eigenvalue weighted by atomic mass is 32.2. The molecule has 9 nitrogen and oxygen atoms in total. The van der Waals surface area contributed by atoms with Gasteiger partial charge < -0.3 is 5.11 Å². The summed E-state index contributed by atoms with van der Waals surface area (Å²) in [5.41, 5.74) is 4.72. The summed E-state index contributed by atoms with van der Waals surface area (Å²) in [5.74, 6) is -0.647. The number of aromatic nitrogens is 4. The van der Waals surface area contributed by atoms with Gasteiger partial charge in [0, 0.05) is 19.2 Å². The van der Waals surface area contributed by atoms with Crippen molar-refractivity contribution in [1.29, 1.82) is 0 Å². The number of carbonyl (C=O) groups is 2. The van der Waals surface area contributed by atoms with Crippen molar-refractivity contribution in [3.05, 3.63) is 42.0 Å². The van der Waals surface area contributed by atoms with Gasteiger partial charge in [0.1, 0.15) is 5.75 Å². The van der Waals surface area contributed by atoms with Crippen LogP contribution in [0.25, 0.3) is 10.8 Å². The fourth-order valence-corrected chi connectivity index (χ4v) is 3.03. The first-order chi connectivity index (χ1) is 12.5. The Labute approximate surface area is 152 Å². The van der Waals surface area contributed by atoms with E-state index in [9.17, 15) is 14.7 Å². The second-order valence-corrected chi connectivity index (χ2v) is 6.46. The standard InChI is InChI=1S/C16H16N6O3S/c1-22-16(19-20-21-22)26-7-6-14(24)17-18-15(25)12-8-10-4-2-3-5-11(10)9-13(12)23/h2-5,8-9,23H,6-7H2,1H3,(H,17,24)(H,18,25). The highest BCUT2D eigenvalue weighted by Gasteiger charge is 2.13. The van der Waals surface area contributed by atoms with Crippen LogP contribution in [0.1, 0.15) is 16.8 Å². The van der Waals surface area contributed by atoms with Crippen molar-refractivity contribution in [2.24, 2.45) is 7.05 Å². The molecule has 0 fully saturated rings. The van der Waals surface area contributed by atoms with E-state index < -0.39 is 5.91 Å². The maximum atomic E-state index is 12.2. The van der Waals surface area contributed by atoms with Gasteiger partial charge in [-0.3, -0.25) is 20.4 Å². The van der Waals surface area contributed by atoms with Gasteiger partial charge in [-0.15, -0.1) is 5.10 Å². The van der Waals surface area contributed by atoms with Crippen LogP contribution in [0.15, 0.2) is 41.6 Å².